The summed E-state index contributed by atoms with van der Waals surface area (Å²) in [6.45, 7) is 2.02. The number of amides is 1. The maximum Gasteiger partial charge on any atom is 0.249 e. The fourth-order valence-corrected chi connectivity index (χ4v) is 2.87. The number of hydrogen-bond acceptors (Lipinski definition) is 3. The third-order valence-electron chi connectivity index (χ3n) is 4.39. The topological polar surface area (TPSA) is 41.6 Å². The fraction of sp³-hybridized carbons (Fsp3) is 0.588. The van der Waals surface area contributed by atoms with Crippen molar-refractivity contribution in [2.24, 2.45) is 0 Å². The number of carbonyl (C=O) groups is 1. The summed E-state index contributed by atoms with van der Waals surface area (Å²) >= 11 is 0. The third-order valence-corrected chi connectivity index (χ3v) is 4.39. The lowest BCUT2D eigenvalue weighted by atomic mass is 10.1. The summed E-state index contributed by atoms with van der Waals surface area (Å²) in [7, 11) is 0. The van der Waals surface area contributed by atoms with Crippen molar-refractivity contribution >= 4 is 5.91 Å². The van der Waals surface area contributed by atoms with E-state index < -0.39 is 11.6 Å². The Morgan fingerprint density at radius 1 is 1.22 bits per heavy atom. The largest absolute Gasteiger partial charge is 0.368 e. The lowest BCUT2D eigenvalue weighted by molar-refractivity contribution is -0.140. The minimum atomic E-state index is -0.609. The second-order valence-electron chi connectivity index (χ2n) is 6.25. The van der Waals surface area contributed by atoms with E-state index in [-0.39, 0.29) is 31.2 Å². The normalized spacial score (nSPS) is 18.9. The molecule has 1 N–H and O–H groups in total. The average molecular weight is 324 g/mol. The Morgan fingerprint density at radius 2 is 1.96 bits per heavy atom. The summed E-state index contributed by atoms with van der Waals surface area (Å²) in [6.07, 6.45) is 3.79. The molecule has 1 amide bonds. The smallest absolute Gasteiger partial charge is 0.249 e. The van der Waals surface area contributed by atoms with E-state index in [1.807, 2.05) is 0 Å². The minimum absolute atomic E-state index is 0.0317. The van der Waals surface area contributed by atoms with Crippen molar-refractivity contribution in [1.82, 2.24) is 10.2 Å². The van der Waals surface area contributed by atoms with Gasteiger partial charge in [0.2, 0.25) is 5.91 Å². The van der Waals surface area contributed by atoms with Crippen LogP contribution >= 0.6 is 0 Å². The van der Waals surface area contributed by atoms with Gasteiger partial charge in [0.15, 0.2) is 0 Å². The molecular weight excluding hydrogens is 302 g/mol. The number of nitrogens with one attached hydrogen (secondary N) is 1. The van der Waals surface area contributed by atoms with Gasteiger partial charge >= 0.3 is 0 Å². The number of piperidine rings is 1. The van der Waals surface area contributed by atoms with Crippen LogP contribution in [0.4, 0.5) is 8.78 Å². The van der Waals surface area contributed by atoms with Crippen LogP contribution in [0.1, 0.15) is 31.2 Å². The molecule has 23 heavy (non-hydrogen) atoms. The predicted molar refractivity (Wildman–Crippen MR) is 81.8 cm³/mol. The standard InChI is InChI=1S/C17H22F2N2O2/c18-13-2-1-12(16(19)9-13)10-21(14-3-4-14)17(22)11-23-15-5-7-20-8-6-15/h1-2,9,14-15,20H,3-8,10-11H2. The van der Waals surface area contributed by atoms with Gasteiger partial charge in [-0.25, -0.2) is 8.78 Å². The van der Waals surface area contributed by atoms with Gasteiger partial charge in [0.25, 0.3) is 0 Å². The second-order valence-corrected chi connectivity index (χ2v) is 6.25. The van der Waals surface area contributed by atoms with E-state index in [4.69, 9.17) is 4.74 Å². The Hall–Kier alpha value is -1.53. The number of ether oxygens (including phenoxy) is 1. The Morgan fingerprint density at radius 3 is 2.61 bits per heavy atom. The molecule has 0 unspecified atom stereocenters. The van der Waals surface area contributed by atoms with Crippen LogP contribution in [0, 0.1) is 11.6 Å². The predicted octanol–water partition coefficient (Wildman–Crippen LogP) is 2.22. The van der Waals surface area contributed by atoms with Gasteiger partial charge in [-0.3, -0.25) is 4.79 Å². The van der Waals surface area contributed by atoms with Crippen LogP contribution in [0.5, 0.6) is 0 Å². The lowest BCUT2D eigenvalue weighted by Gasteiger charge is -2.26. The zero-order chi connectivity index (χ0) is 16.2. The Balaban J connectivity index is 1.58. The van der Waals surface area contributed by atoms with E-state index in [1.54, 1.807) is 4.90 Å². The molecule has 2 aliphatic rings. The van der Waals surface area contributed by atoms with Crippen LogP contribution in [0.15, 0.2) is 18.2 Å². The van der Waals surface area contributed by atoms with Crippen molar-refractivity contribution in [3.05, 3.63) is 35.4 Å². The zero-order valence-corrected chi connectivity index (χ0v) is 13.1. The number of rotatable bonds is 6. The molecule has 1 aromatic rings. The van der Waals surface area contributed by atoms with Crippen LogP contribution < -0.4 is 5.32 Å². The second kappa shape index (κ2) is 7.36. The molecule has 1 aliphatic carbocycles. The molecule has 0 aromatic heterocycles. The van der Waals surface area contributed by atoms with E-state index >= 15 is 0 Å². The minimum Gasteiger partial charge on any atom is -0.368 e. The molecule has 0 spiro atoms. The van der Waals surface area contributed by atoms with Gasteiger partial charge < -0.3 is 15.0 Å². The highest BCUT2D eigenvalue weighted by atomic mass is 19.1. The van der Waals surface area contributed by atoms with Crippen molar-refractivity contribution in [2.75, 3.05) is 19.7 Å². The average Bonchev–Trinajstić information content (AvgIpc) is 3.38. The number of carbonyl (C=O) groups excluding carboxylic acids is 1. The summed E-state index contributed by atoms with van der Waals surface area (Å²) in [5, 5.41) is 3.25. The van der Waals surface area contributed by atoms with Crippen LogP contribution in [-0.4, -0.2) is 42.6 Å². The van der Waals surface area contributed by atoms with E-state index in [0.29, 0.717) is 5.56 Å². The molecule has 0 bridgehead atoms. The van der Waals surface area contributed by atoms with Gasteiger partial charge in [0.1, 0.15) is 18.2 Å². The first-order valence-electron chi connectivity index (χ1n) is 8.19. The summed E-state index contributed by atoms with van der Waals surface area (Å²) in [4.78, 5) is 14.1. The first-order valence-corrected chi connectivity index (χ1v) is 8.19. The van der Waals surface area contributed by atoms with Crippen LogP contribution in [0.3, 0.4) is 0 Å². The highest BCUT2D eigenvalue weighted by Gasteiger charge is 2.33. The number of nitrogens with zero attached hydrogens (tertiary/aromatic N) is 1. The van der Waals surface area contributed by atoms with Gasteiger partial charge in [-0.2, -0.15) is 0 Å². The number of benzene rings is 1. The summed E-state index contributed by atoms with van der Waals surface area (Å²) in [5.41, 5.74) is 0.341. The van der Waals surface area contributed by atoms with Gasteiger partial charge in [-0.05, 0) is 44.8 Å². The molecule has 0 atom stereocenters. The van der Waals surface area contributed by atoms with Crippen LogP contribution in [-0.2, 0) is 16.1 Å². The summed E-state index contributed by atoms with van der Waals surface area (Å²) < 4.78 is 32.5. The first-order chi connectivity index (χ1) is 11.1. The first kappa shape index (κ1) is 16.3. The maximum absolute atomic E-state index is 13.8. The SMILES string of the molecule is O=C(COC1CCNCC1)N(Cc1ccc(F)cc1F)C1CC1. The zero-order valence-electron chi connectivity index (χ0n) is 13.1. The lowest BCUT2D eigenvalue weighted by Crippen LogP contribution is -2.38. The van der Waals surface area contributed by atoms with Crippen LogP contribution in [0.25, 0.3) is 0 Å². The van der Waals surface area contributed by atoms with Gasteiger partial charge in [0.05, 0.1) is 6.10 Å². The fourth-order valence-electron chi connectivity index (χ4n) is 2.87. The molecule has 1 saturated carbocycles. The monoisotopic (exact) mass is 324 g/mol. The Kier molecular flexibility index (Phi) is 5.23. The summed E-state index contributed by atoms with van der Waals surface area (Å²) in [6, 6.07) is 3.64. The Bertz CT molecular complexity index is 558. The molecule has 126 valence electrons. The molecule has 4 nitrogen and oxygen atoms in total. The molecule has 1 heterocycles. The quantitative estimate of drug-likeness (QED) is 0.872. The third kappa shape index (κ3) is 4.48. The van der Waals surface area contributed by atoms with Crippen molar-refractivity contribution in [3.63, 3.8) is 0 Å². The van der Waals surface area contributed by atoms with Gasteiger partial charge in [-0.1, -0.05) is 6.07 Å². The van der Waals surface area contributed by atoms with E-state index in [9.17, 15) is 13.6 Å². The molecule has 6 heteroatoms. The van der Waals surface area contributed by atoms with Crippen LogP contribution in [0.2, 0.25) is 0 Å². The number of halogens is 2. The molecule has 1 aromatic carbocycles. The maximum atomic E-state index is 13.8. The molecule has 3 rings (SSSR count). The van der Waals surface area contributed by atoms with Crippen molar-refractivity contribution in [2.45, 2.75) is 44.4 Å². The van der Waals surface area contributed by atoms with Crippen molar-refractivity contribution in [1.29, 1.82) is 0 Å². The van der Waals surface area contributed by atoms with Crippen molar-refractivity contribution < 1.29 is 18.3 Å². The molecule has 2 fully saturated rings. The Labute approximate surface area is 134 Å². The molecule has 1 saturated heterocycles. The van der Waals surface area contributed by atoms with E-state index in [0.717, 1.165) is 44.8 Å². The molecule has 1 aliphatic heterocycles. The van der Waals surface area contributed by atoms with Gasteiger partial charge in [0, 0.05) is 24.2 Å². The van der Waals surface area contributed by atoms with Gasteiger partial charge in [-0.15, -0.1) is 0 Å². The molecular formula is C17H22F2N2O2. The van der Waals surface area contributed by atoms with Crippen molar-refractivity contribution in [3.8, 4) is 0 Å². The van der Waals surface area contributed by atoms with E-state index in [1.165, 1.54) is 12.1 Å². The number of hydrogen-bond donors (Lipinski definition) is 1. The summed E-state index contributed by atoms with van der Waals surface area (Å²) in [5.74, 6) is -1.33. The van der Waals surface area contributed by atoms with E-state index in [2.05, 4.69) is 5.32 Å². The highest BCUT2D eigenvalue weighted by molar-refractivity contribution is 5.78. The molecule has 0 radical (unpaired) electrons. The highest BCUT2D eigenvalue weighted by Crippen LogP contribution is 2.29.